The molecule has 7 heteroatoms. The summed E-state index contributed by atoms with van der Waals surface area (Å²) in [6.45, 7) is 4.63. The second-order valence-corrected chi connectivity index (χ2v) is 5.54. The summed E-state index contributed by atoms with van der Waals surface area (Å²) in [5.74, 6) is 0.544. The third kappa shape index (κ3) is 3.73. The van der Waals surface area contributed by atoms with Crippen LogP contribution in [0.4, 0.5) is 0 Å². The van der Waals surface area contributed by atoms with Crippen molar-refractivity contribution in [2.24, 2.45) is 10.9 Å². The van der Waals surface area contributed by atoms with Gasteiger partial charge in [0.15, 0.2) is 0 Å². The van der Waals surface area contributed by atoms with Crippen LogP contribution in [0.5, 0.6) is 11.6 Å². The van der Waals surface area contributed by atoms with Crippen LogP contribution in [-0.2, 0) is 0 Å². The van der Waals surface area contributed by atoms with Crippen LogP contribution in [0.1, 0.15) is 25.8 Å². The largest absolute Gasteiger partial charge is 0.497 e. The van der Waals surface area contributed by atoms with Crippen molar-refractivity contribution in [3.63, 3.8) is 0 Å². The van der Waals surface area contributed by atoms with Gasteiger partial charge >= 0.3 is 5.69 Å². The fourth-order valence-electron chi connectivity index (χ4n) is 2.08. The first-order chi connectivity index (χ1) is 11.5. The number of H-pyrrole nitrogens is 1. The Hall–Kier alpha value is -2.83. The molecule has 0 spiro atoms. The Morgan fingerprint density at radius 3 is 2.58 bits per heavy atom. The van der Waals surface area contributed by atoms with Crippen LogP contribution in [0.3, 0.4) is 0 Å². The second-order valence-electron chi connectivity index (χ2n) is 5.54. The van der Waals surface area contributed by atoms with Gasteiger partial charge in [0.1, 0.15) is 11.3 Å². The standard InChI is InChI=1S/C17H21N3O4/c1-4-11(2)9-18-10-14-15(21)19-17(23)20(16(14)22)12-5-7-13(24-3)8-6-12/h5-8,10-11,22H,4,9H2,1-3H3,(H,19,21,23)/t11-/m0/s1. The van der Waals surface area contributed by atoms with Crippen molar-refractivity contribution in [2.75, 3.05) is 13.7 Å². The molecule has 1 aromatic carbocycles. The van der Waals surface area contributed by atoms with Gasteiger partial charge in [0.25, 0.3) is 5.56 Å². The highest BCUT2D eigenvalue weighted by Gasteiger charge is 2.14. The number of aliphatic imine (C=N–C) groups is 1. The number of aromatic hydroxyl groups is 1. The van der Waals surface area contributed by atoms with Crippen LogP contribution in [0.2, 0.25) is 0 Å². The molecule has 2 rings (SSSR count). The first kappa shape index (κ1) is 17.5. The van der Waals surface area contributed by atoms with Crippen LogP contribution in [0, 0.1) is 5.92 Å². The molecule has 0 bridgehead atoms. The highest BCUT2D eigenvalue weighted by atomic mass is 16.5. The summed E-state index contributed by atoms with van der Waals surface area (Å²) in [5.41, 5.74) is -1.03. The summed E-state index contributed by atoms with van der Waals surface area (Å²) in [4.78, 5) is 30.4. The minimum atomic E-state index is -0.721. The van der Waals surface area contributed by atoms with Crippen molar-refractivity contribution in [3.05, 3.63) is 50.7 Å². The number of benzene rings is 1. The minimum absolute atomic E-state index is 0.0475. The van der Waals surface area contributed by atoms with Crippen molar-refractivity contribution < 1.29 is 9.84 Å². The van der Waals surface area contributed by atoms with E-state index < -0.39 is 17.1 Å². The van der Waals surface area contributed by atoms with Crippen LogP contribution in [0.25, 0.3) is 5.69 Å². The molecule has 0 aliphatic heterocycles. The number of nitrogens with one attached hydrogen (secondary N) is 1. The fraction of sp³-hybridized carbons (Fsp3) is 0.353. The van der Waals surface area contributed by atoms with E-state index in [0.29, 0.717) is 23.9 Å². The zero-order valence-corrected chi connectivity index (χ0v) is 13.9. The maximum absolute atomic E-state index is 12.1. The molecule has 0 unspecified atom stereocenters. The molecule has 0 fully saturated rings. The van der Waals surface area contributed by atoms with Crippen LogP contribution in [0.15, 0.2) is 38.8 Å². The van der Waals surface area contributed by atoms with E-state index in [4.69, 9.17) is 4.74 Å². The van der Waals surface area contributed by atoms with Crippen molar-refractivity contribution in [3.8, 4) is 17.3 Å². The average Bonchev–Trinajstić information content (AvgIpc) is 2.57. The number of methoxy groups -OCH3 is 1. The number of aromatic nitrogens is 2. The molecule has 0 aliphatic carbocycles. The van der Waals surface area contributed by atoms with Gasteiger partial charge in [-0.2, -0.15) is 0 Å². The van der Waals surface area contributed by atoms with E-state index >= 15 is 0 Å². The zero-order valence-electron chi connectivity index (χ0n) is 13.9. The zero-order chi connectivity index (χ0) is 17.7. The summed E-state index contributed by atoms with van der Waals surface area (Å²) in [7, 11) is 1.53. The third-order valence-electron chi connectivity index (χ3n) is 3.79. The number of hydrogen-bond acceptors (Lipinski definition) is 5. The number of rotatable bonds is 6. The lowest BCUT2D eigenvalue weighted by Gasteiger charge is -2.10. The van der Waals surface area contributed by atoms with Gasteiger partial charge in [0.05, 0.1) is 12.8 Å². The van der Waals surface area contributed by atoms with Gasteiger partial charge in [-0.05, 0) is 30.2 Å². The number of nitrogens with zero attached hydrogens (tertiary/aromatic N) is 2. The highest BCUT2D eigenvalue weighted by molar-refractivity contribution is 5.82. The van der Waals surface area contributed by atoms with E-state index in [-0.39, 0.29) is 5.56 Å². The minimum Gasteiger partial charge on any atom is -0.497 e. The normalized spacial score (nSPS) is 12.5. The Bertz CT molecular complexity index is 834. The predicted octanol–water partition coefficient (Wildman–Crippen LogP) is 1.70. The first-order valence-electron chi connectivity index (χ1n) is 7.70. The van der Waals surface area contributed by atoms with Gasteiger partial charge in [-0.15, -0.1) is 0 Å². The molecule has 0 amide bonds. The van der Waals surface area contributed by atoms with E-state index in [1.807, 2.05) is 13.8 Å². The maximum Gasteiger partial charge on any atom is 0.335 e. The summed E-state index contributed by atoms with van der Waals surface area (Å²) in [6, 6.07) is 6.53. The van der Waals surface area contributed by atoms with E-state index in [1.54, 1.807) is 24.3 Å². The summed E-state index contributed by atoms with van der Waals surface area (Å²) < 4.78 is 6.08. The number of hydrogen-bond donors (Lipinski definition) is 2. The summed E-state index contributed by atoms with van der Waals surface area (Å²) in [5, 5.41) is 10.4. The van der Waals surface area contributed by atoms with Gasteiger partial charge in [0, 0.05) is 12.8 Å². The molecule has 1 aromatic heterocycles. The lowest BCUT2D eigenvalue weighted by Crippen LogP contribution is -2.31. The molecule has 128 valence electrons. The summed E-state index contributed by atoms with van der Waals surface area (Å²) >= 11 is 0. The Morgan fingerprint density at radius 2 is 2.00 bits per heavy atom. The predicted molar refractivity (Wildman–Crippen MR) is 92.8 cm³/mol. The molecule has 0 saturated heterocycles. The average molecular weight is 331 g/mol. The van der Waals surface area contributed by atoms with Gasteiger partial charge in [0.2, 0.25) is 5.88 Å². The monoisotopic (exact) mass is 331 g/mol. The van der Waals surface area contributed by atoms with E-state index in [1.165, 1.54) is 13.3 Å². The number of aromatic amines is 1. The Labute approximate surface area is 139 Å². The highest BCUT2D eigenvalue weighted by Crippen LogP contribution is 2.18. The molecular formula is C17H21N3O4. The molecule has 0 radical (unpaired) electrons. The molecule has 1 heterocycles. The SMILES string of the molecule is CC[C@H](C)CN=Cc1c(O)n(-c2ccc(OC)cc2)c(=O)[nH]c1=O. The Morgan fingerprint density at radius 1 is 1.33 bits per heavy atom. The van der Waals surface area contributed by atoms with Crippen LogP contribution in [-0.4, -0.2) is 34.5 Å². The van der Waals surface area contributed by atoms with Crippen molar-refractivity contribution in [2.45, 2.75) is 20.3 Å². The van der Waals surface area contributed by atoms with Crippen LogP contribution < -0.4 is 16.0 Å². The molecule has 1 atom stereocenters. The van der Waals surface area contributed by atoms with Crippen LogP contribution >= 0.6 is 0 Å². The summed E-state index contributed by atoms with van der Waals surface area (Å²) in [6.07, 6.45) is 2.27. The third-order valence-corrected chi connectivity index (χ3v) is 3.79. The van der Waals surface area contributed by atoms with Crippen molar-refractivity contribution in [1.82, 2.24) is 9.55 Å². The maximum atomic E-state index is 12.1. The molecule has 2 aromatic rings. The van der Waals surface area contributed by atoms with Gasteiger partial charge in [-0.3, -0.25) is 14.8 Å². The lowest BCUT2D eigenvalue weighted by molar-refractivity contribution is 0.414. The molecule has 7 nitrogen and oxygen atoms in total. The van der Waals surface area contributed by atoms with Gasteiger partial charge in [-0.25, -0.2) is 9.36 Å². The fourth-order valence-corrected chi connectivity index (χ4v) is 2.08. The molecule has 0 saturated carbocycles. The van der Waals surface area contributed by atoms with E-state index in [0.717, 1.165) is 11.0 Å². The molecular weight excluding hydrogens is 310 g/mol. The molecule has 2 N–H and O–H groups in total. The smallest absolute Gasteiger partial charge is 0.335 e. The van der Waals surface area contributed by atoms with E-state index in [2.05, 4.69) is 9.98 Å². The van der Waals surface area contributed by atoms with Gasteiger partial charge in [-0.1, -0.05) is 20.3 Å². The number of ether oxygens (including phenoxy) is 1. The molecule has 0 aliphatic rings. The van der Waals surface area contributed by atoms with E-state index in [9.17, 15) is 14.7 Å². The first-order valence-corrected chi connectivity index (χ1v) is 7.70. The van der Waals surface area contributed by atoms with Gasteiger partial charge < -0.3 is 9.84 Å². The van der Waals surface area contributed by atoms with Crippen molar-refractivity contribution in [1.29, 1.82) is 0 Å². The topological polar surface area (TPSA) is 96.7 Å². The second kappa shape index (κ2) is 7.63. The quantitative estimate of drug-likeness (QED) is 0.787. The van der Waals surface area contributed by atoms with Crippen molar-refractivity contribution >= 4 is 6.21 Å². The Kier molecular flexibility index (Phi) is 5.57. The molecule has 24 heavy (non-hydrogen) atoms. The Balaban J connectivity index is 2.47. The lowest BCUT2D eigenvalue weighted by atomic mass is 10.1.